The van der Waals surface area contributed by atoms with Crippen LogP contribution < -0.4 is 10.2 Å². The van der Waals surface area contributed by atoms with Gasteiger partial charge in [-0.25, -0.2) is 0 Å². The summed E-state index contributed by atoms with van der Waals surface area (Å²) in [4.78, 5) is 0. The van der Waals surface area contributed by atoms with Crippen LogP contribution in [-0.2, 0) is 9.31 Å². The van der Waals surface area contributed by atoms with E-state index in [1.807, 2.05) is 26.0 Å². The van der Waals surface area contributed by atoms with Gasteiger partial charge < -0.3 is 14.0 Å². The highest BCUT2D eigenvalue weighted by Crippen LogP contribution is 2.30. The molecule has 0 amide bonds. The zero-order valence-electron chi connectivity index (χ0n) is 8.90. The Morgan fingerprint density at radius 2 is 2.20 bits per heavy atom. The fourth-order valence-corrected chi connectivity index (χ4v) is 2.19. The molecule has 0 aromatic heterocycles. The molecule has 78 valence electrons. The van der Waals surface area contributed by atoms with E-state index < -0.39 is 0 Å². The molecule has 3 rings (SSSR count). The Labute approximate surface area is 89.5 Å². The van der Waals surface area contributed by atoms with Crippen LogP contribution >= 0.6 is 0 Å². The Bertz CT molecular complexity index is 393. The molecule has 0 saturated heterocycles. The lowest BCUT2D eigenvalue weighted by Crippen LogP contribution is -2.31. The van der Waals surface area contributed by atoms with Crippen molar-refractivity contribution in [3.05, 3.63) is 23.8 Å². The van der Waals surface area contributed by atoms with E-state index in [0.29, 0.717) is 6.61 Å². The third kappa shape index (κ3) is 1.36. The van der Waals surface area contributed by atoms with E-state index in [1.54, 1.807) is 0 Å². The van der Waals surface area contributed by atoms with Gasteiger partial charge in [-0.2, -0.15) is 0 Å². The van der Waals surface area contributed by atoms with Crippen LogP contribution in [0, 0.1) is 0 Å². The Morgan fingerprint density at radius 3 is 3.07 bits per heavy atom. The first-order valence-corrected chi connectivity index (χ1v) is 5.32. The lowest BCUT2D eigenvalue weighted by molar-refractivity contribution is 0.116. The predicted octanol–water partition coefficient (Wildman–Crippen LogP) is 1.27. The number of hydrogen-bond donors (Lipinski definition) is 0. The molecule has 0 fully saturated rings. The van der Waals surface area contributed by atoms with Crippen molar-refractivity contribution in [2.75, 3.05) is 6.61 Å². The molecule has 0 aliphatic carbocycles. The van der Waals surface area contributed by atoms with Crippen LogP contribution in [0.25, 0.3) is 0 Å². The second kappa shape index (κ2) is 3.25. The molecule has 0 bridgehead atoms. The second-order valence-electron chi connectivity index (χ2n) is 4.13. The summed E-state index contributed by atoms with van der Waals surface area (Å²) >= 11 is 0. The molecule has 0 N–H and O–H groups in total. The standard InChI is InChI=1S/C11H13BO3/c1-7-6-13-12-11-9(8(2)15-12)4-3-5-10(11)14-7/h3-5,7-8H,6H2,1-2H3. The van der Waals surface area contributed by atoms with E-state index in [4.69, 9.17) is 14.0 Å². The van der Waals surface area contributed by atoms with Crippen molar-refractivity contribution in [3.63, 3.8) is 0 Å². The number of hydrogen-bond acceptors (Lipinski definition) is 3. The monoisotopic (exact) mass is 204 g/mol. The molecular formula is C11H13BO3. The van der Waals surface area contributed by atoms with Crippen molar-refractivity contribution in [1.29, 1.82) is 0 Å². The third-order valence-electron chi connectivity index (χ3n) is 2.91. The highest BCUT2D eigenvalue weighted by molar-refractivity contribution is 6.64. The summed E-state index contributed by atoms with van der Waals surface area (Å²) < 4.78 is 17.2. The van der Waals surface area contributed by atoms with Crippen molar-refractivity contribution < 1.29 is 14.0 Å². The van der Waals surface area contributed by atoms with E-state index in [0.717, 1.165) is 11.2 Å². The number of benzene rings is 1. The molecule has 2 unspecified atom stereocenters. The van der Waals surface area contributed by atoms with Crippen molar-refractivity contribution >= 4 is 12.6 Å². The van der Waals surface area contributed by atoms with E-state index >= 15 is 0 Å². The first-order valence-electron chi connectivity index (χ1n) is 5.32. The topological polar surface area (TPSA) is 27.7 Å². The van der Waals surface area contributed by atoms with Gasteiger partial charge in [-0.15, -0.1) is 0 Å². The fourth-order valence-electron chi connectivity index (χ4n) is 2.19. The molecule has 4 heteroatoms. The Morgan fingerprint density at radius 1 is 1.33 bits per heavy atom. The van der Waals surface area contributed by atoms with Crippen LogP contribution in [0.2, 0.25) is 0 Å². The zero-order chi connectivity index (χ0) is 10.4. The third-order valence-corrected chi connectivity index (χ3v) is 2.91. The van der Waals surface area contributed by atoms with Crippen molar-refractivity contribution in [1.82, 2.24) is 0 Å². The normalized spacial score (nSPS) is 28.3. The summed E-state index contributed by atoms with van der Waals surface area (Å²) in [6.45, 7) is 4.62. The maximum absolute atomic E-state index is 5.79. The van der Waals surface area contributed by atoms with Crippen molar-refractivity contribution in [2.24, 2.45) is 0 Å². The summed E-state index contributed by atoms with van der Waals surface area (Å²) in [5.74, 6) is 0.909. The predicted molar refractivity (Wildman–Crippen MR) is 57.4 cm³/mol. The van der Waals surface area contributed by atoms with Crippen LogP contribution in [-0.4, -0.2) is 19.8 Å². The van der Waals surface area contributed by atoms with Crippen molar-refractivity contribution in [3.8, 4) is 5.75 Å². The SMILES string of the molecule is CC1COB2OC(C)c3cccc(c32)O1. The molecule has 0 saturated carbocycles. The smallest absolute Gasteiger partial charge is 0.489 e. The molecule has 2 heterocycles. The van der Waals surface area contributed by atoms with E-state index in [2.05, 4.69) is 6.07 Å². The molecule has 3 nitrogen and oxygen atoms in total. The maximum Gasteiger partial charge on any atom is 0.498 e. The second-order valence-corrected chi connectivity index (χ2v) is 4.13. The fraction of sp³-hybridized carbons (Fsp3) is 0.455. The molecule has 0 radical (unpaired) electrons. The summed E-state index contributed by atoms with van der Waals surface area (Å²) in [5, 5.41) is 0. The minimum atomic E-state index is -0.240. The molecule has 15 heavy (non-hydrogen) atoms. The lowest BCUT2D eigenvalue weighted by atomic mass is 9.78. The Balaban J connectivity index is 2.13. The minimum Gasteiger partial charge on any atom is -0.489 e. The lowest BCUT2D eigenvalue weighted by Gasteiger charge is -2.13. The van der Waals surface area contributed by atoms with E-state index in [1.165, 1.54) is 5.56 Å². The van der Waals surface area contributed by atoms with Gasteiger partial charge in [0.2, 0.25) is 0 Å². The van der Waals surface area contributed by atoms with E-state index in [9.17, 15) is 0 Å². The number of rotatable bonds is 0. The minimum absolute atomic E-state index is 0.0843. The van der Waals surface area contributed by atoms with Crippen LogP contribution in [0.1, 0.15) is 25.5 Å². The molecule has 1 aromatic rings. The van der Waals surface area contributed by atoms with Gasteiger partial charge in [-0.05, 0) is 25.5 Å². The van der Waals surface area contributed by atoms with Gasteiger partial charge in [-0.1, -0.05) is 12.1 Å². The van der Waals surface area contributed by atoms with Gasteiger partial charge in [0, 0.05) is 5.46 Å². The van der Waals surface area contributed by atoms with Gasteiger partial charge in [0.05, 0.1) is 12.7 Å². The molecular weight excluding hydrogens is 191 g/mol. The first-order chi connectivity index (χ1) is 7.25. The van der Waals surface area contributed by atoms with Gasteiger partial charge in [0.1, 0.15) is 11.9 Å². The zero-order valence-corrected chi connectivity index (χ0v) is 8.90. The van der Waals surface area contributed by atoms with Gasteiger partial charge >= 0.3 is 7.12 Å². The quantitative estimate of drug-likeness (QED) is 0.595. The van der Waals surface area contributed by atoms with Crippen LogP contribution in [0.3, 0.4) is 0 Å². The average Bonchev–Trinajstić information content (AvgIpc) is 2.45. The van der Waals surface area contributed by atoms with Crippen LogP contribution in [0.4, 0.5) is 0 Å². The molecule has 2 aliphatic heterocycles. The molecule has 1 aromatic carbocycles. The van der Waals surface area contributed by atoms with Gasteiger partial charge in [-0.3, -0.25) is 0 Å². The highest BCUT2D eigenvalue weighted by atomic mass is 16.6. The Kier molecular flexibility index (Phi) is 2.01. The van der Waals surface area contributed by atoms with Crippen LogP contribution in [0.5, 0.6) is 5.75 Å². The Hall–Kier alpha value is -0.995. The van der Waals surface area contributed by atoms with Gasteiger partial charge in [0.25, 0.3) is 0 Å². The maximum atomic E-state index is 5.79. The summed E-state index contributed by atoms with van der Waals surface area (Å²) in [7, 11) is -0.240. The highest BCUT2D eigenvalue weighted by Gasteiger charge is 2.40. The average molecular weight is 204 g/mol. The summed E-state index contributed by atoms with van der Waals surface area (Å²) in [5.41, 5.74) is 2.26. The number of ether oxygens (including phenoxy) is 1. The van der Waals surface area contributed by atoms with Crippen molar-refractivity contribution in [2.45, 2.75) is 26.1 Å². The molecule has 0 spiro atoms. The largest absolute Gasteiger partial charge is 0.498 e. The summed E-state index contributed by atoms with van der Waals surface area (Å²) in [6, 6.07) is 6.07. The first kappa shape index (κ1) is 9.25. The molecule has 2 atom stereocenters. The molecule has 2 aliphatic rings. The summed E-state index contributed by atoms with van der Waals surface area (Å²) in [6.07, 6.45) is 0.183. The van der Waals surface area contributed by atoms with Crippen LogP contribution in [0.15, 0.2) is 18.2 Å². The van der Waals surface area contributed by atoms with E-state index in [-0.39, 0.29) is 19.3 Å². The van der Waals surface area contributed by atoms with Gasteiger partial charge in [0.15, 0.2) is 0 Å².